The number of sulfonamides is 1. The molecule has 1 amide bonds. The number of amides is 1. The predicted molar refractivity (Wildman–Crippen MR) is 165 cm³/mol. The third kappa shape index (κ3) is 6.17. The van der Waals surface area contributed by atoms with Gasteiger partial charge in [0.1, 0.15) is 10.7 Å². The van der Waals surface area contributed by atoms with Crippen LogP contribution in [0.15, 0.2) is 71.6 Å². The van der Waals surface area contributed by atoms with E-state index >= 15 is 0 Å². The molecule has 42 heavy (non-hydrogen) atoms. The van der Waals surface area contributed by atoms with Crippen LogP contribution in [-0.4, -0.2) is 40.5 Å². The van der Waals surface area contributed by atoms with Gasteiger partial charge >= 0.3 is 0 Å². The molecule has 6 rings (SSSR count). The molecule has 0 spiro atoms. The molecule has 2 fully saturated rings. The summed E-state index contributed by atoms with van der Waals surface area (Å²) in [6.45, 7) is 2.20. The zero-order chi connectivity index (χ0) is 29.1. The second kappa shape index (κ2) is 12.4. The fraction of sp³-hybridized carbons (Fsp3) is 0.424. The maximum Gasteiger partial charge on any atom is 0.243 e. The van der Waals surface area contributed by atoms with Crippen molar-refractivity contribution in [1.29, 1.82) is 0 Å². The van der Waals surface area contributed by atoms with Gasteiger partial charge in [-0.05, 0) is 73.6 Å². The number of aryl methyl sites for hydroxylation is 1. The minimum Gasteiger partial charge on any atom is -0.367 e. The summed E-state index contributed by atoms with van der Waals surface area (Å²) in [7, 11) is -3.95. The van der Waals surface area contributed by atoms with Crippen LogP contribution in [-0.2, 0) is 21.2 Å². The van der Waals surface area contributed by atoms with Crippen LogP contribution in [0.1, 0.15) is 62.1 Å². The van der Waals surface area contributed by atoms with Gasteiger partial charge in [-0.2, -0.15) is 0 Å². The number of rotatable bonds is 7. The van der Waals surface area contributed by atoms with Crippen LogP contribution >= 0.6 is 0 Å². The SMILES string of the molecule is O=C(Nc1ccc(N2CCN(c3ccccc3F)CC2)c(S(=O)(=O)N[C@H]2CCCc3ccccc32)c1)C1CCCCC1. The van der Waals surface area contributed by atoms with Crippen molar-refractivity contribution >= 4 is 33.0 Å². The Morgan fingerprint density at radius 1 is 0.786 bits per heavy atom. The Hall–Kier alpha value is -3.43. The molecule has 1 saturated heterocycles. The summed E-state index contributed by atoms with van der Waals surface area (Å²) in [5, 5.41) is 3.01. The number of halogens is 1. The third-order valence-corrected chi connectivity index (χ3v) is 10.5. The van der Waals surface area contributed by atoms with E-state index in [1.165, 1.54) is 11.6 Å². The number of hydrogen-bond acceptors (Lipinski definition) is 5. The van der Waals surface area contributed by atoms with Gasteiger partial charge in [-0.15, -0.1) is 0 Å². The quantitative estimate of drug-likeness (QED) is 0.351. The molecule has 0 radical (unpaired) electrons. The lowest BCUT2D eigenvalue weighted by molar-refractivity contribution is -0.120. The van der Waals surface area contributed by atoms with E-state index in [2.05, 4.69) is 16.1 Å². The molecule has 0 unspecified atom stereocenters. The number of anilines is 3. The van der Waals surface area contributed by atoms with Crippen LogP contribution in [0.3, 0.4) is 0 Å². The number of nitrogens with one attached hydrogen (secondary N) is 2. The van der Waals surface area contributed by atoms with Crippen molar-refractivity contribution < 1.29 is 17.6 Å². The molecule has 1 atom stereocenters. The second-order valence-corrected chi connectivity index (χ2v) is 13.4. The maximum atomic E-state index is 14.4. The Balaban J connectivity index is 1.28. The Kier molecular flexibility index (Phi) is 8.49. The molecule has 0 aromatic heterocycles. The number of carbonyl (C=O) groups is 1. The molecule has 3 aromatic carbocycles. The van der Waals surface area contributed by atoms with Gasteiger partial charge < -0.3 is 15.1 Å². The van der Waals surface area contributed by atoms with Gasteiger partial charge in [-0.25, -0.2) is 17.5 Å². The number of para-hydroxylation sites is 1. The summed E-state index contributed by atoms with van der Waals surface area (Å²) in [6.07, 6.45) is 7.55. The number of piperazine rings is 1. The van der Waals surface area contributed by atoms with Crippen molar-refractivity contribution in [1.82, 2.24) is 4.72 Å². The summed E-state index contributed by atoms with van der Waals surface area (Å²) in [4.78, 5) is 17.2. The van der Waals surface area contributed by atoms with E-state index in [1.54, 1.807) is 30.3 Å². The number of carbonyl (C=O) groups excluding carboxylic acids is 1. The summed E-state index contributed by atoms with van der Waals surface area (Å²) in [5.74, 6) is -0.343. The van der Waals surface area contributed by atoms with Gasteiger partial charge in [0, 0.05) is 43.8 Å². The molecule has 2 aliphatic carbocycles. The van der Waals surface area contributed by atoms with E-state index in [4.69, 9.17) is 0 Å². The molecule has 3 aliphatic rings. The summed E-state index contributed by atoms with van der Waals surface area (Å²) in [5.41, 5.74) is 3.84. The van der Waals surface area contributed by atoms with E-state index in [-0.39, 0.29) is 28.6 Å². The number of benzene rings is 3. The zero-order valence-corrected chi connectivity index (χ0v) is 24.7. The van der Waals surface area contributed by atoms with Gasteiger partial charge in [0.2, 0.25) is 15.9 Å². The van der Waals surface area contributed by atoms with Gasteiger partial charge in [0.05, 0.1) is 11.4 Å². The second-order valence-electron chi connectivity index (χ2n) is 11.7. The largest absolute Gasteiger partial charge is 0.367 e. The molecular weight excluding hydrogens is 551 g/mol. The van der Waals surface area contributed by atoms with Crippen molar-refractivity contribution in [3.63, 3.8) is 0 Å². The highest BCUT2D eigenvalue weighted by Gasteiger charge is 2.31. The minimum atomic E-state index is -3.95. The van der Waals surface area contributed by atoms with Crippen molar-refractivity contribution in [3.8, 4) is 0 Å². The smallest absolute Gasteiger partial charge is 0.243 e. The molecule has 1 saturated carbocycles. The lowest BCUT2D eigenvalue weighted by Crippen LogP contribution is -2.47. The van der Waals surface area contributed by atoms with Crippen LogP contribution in [0, 0.1) is 11.7 Å². The van der Waals surface area contributed by atoms with Gasteiger partial charge in [-0.3, -0.25) is 4.79 Å². The molecule has 1 heterocycles. The van der Waals surface area contributed by atoms with Crippen molar-refractivity contribution in [2.75, 3.05) is 41.3 Å². The third-order valence-electron chi connectivity index (χ3n) is 8.97. The minimum absolute atomic E-state index is 0.0400. The molecule has 0 bridgehead atoms. The van der Waals surface area contributed by atoms with Crippen LogP contribution in [0.5, 0.6) is 0 Å². The summed E-state index contributed by atoms with van der Waals surface area (Å²) in [6, 6.07) is 19.7. The van der Waals surface area contributed by atoms with Crippen LogP contribution in [0.25, 0.3) is 0 Å². The molecule has 1 aliphatic heterocycles. The zero-order valence-electron chi connectivity index (χ0n) is 23.9. The van der Waals surface area contributed by atoms with Gasteiger partial charge in [-0.1, -0.05) is 55.7 Å². The fourth-order valence-electron chi connectivity index (χ4n) is 6.70. The Labute approximate surface area is 248 Å². The van der Waals surface area contributed by atoms with E-state index in [9.17, 15) is 17.6 Å². The highest BCUT2D eigenvalue weighted by Crippen LogP contribution is 2.35. The lowest BCUT2D eigenvalue weighted by atomic mass is 9.88. The molecular formula is C33H39FN4O3S. The average Bonchev–Trinajstić information content (AvgIpc) is 3.02. The predicted octanol–water partition coefficient (Wildman–Crippen LogP) is 6.03. The molecule has 7 nitrogen and oxygen atoms in total. The van der Waals surface area contributed by atoms with E-state index in [1.807, 2.05) is 34.1 Å². The molecule has 3 aromatic rings. The Morgan fingerprint density at radius 3 is 2.24 bits per heavy atom. The standard InChI is InChI=1S/C33H39FN4O3S/c34-28-14-6-7-16-30(28)37-19-21-38(22-20-37)31-18-17-26(35-33(39)25-10-2-1-3-11-25)23-32(31)42(40,41)36-29-15-8-12-24-9-4-5-13-27(24)29/h4-7,9,13-14,16-18,23,25,29,36H,1-3,8,10-12,15,19-22H2,(H,35,39)/t29-/m0/s1. The van der Waals surface area contributed by atoms with Gasteiger partial charge in [0.15, 0.2) is 0 Å². The molecule has 2 N–H and O–H groups in total. The van der Waals surface area contributed by atoms with E-state index in [0.717, 1.165) is 56.9 Å². The van der Waals surface area contributed by atoms with E-state index in [0.29, 0.717) is 43.2 Å². The maximum absolute atomic E-state index is 14.4. The highest BCUT2D eigenvalue weighted by molar-refractivity contribution is 7.89. The molecule has 222 valence electrons. The fourth-order valence-corrected chi connectivity index (χ4v) is 8.20. The first-order valence-corrected chi connectivity index (χ1v) is 16.7. The normalized spacial score (nSPS) is 19.8. The van der Waals surface area contributed by atoms with Crippen LogP contribution in [0.4, 0.5) is 21.5 Å². The van der Waals surface area contributed by atoms with Crippen LogP contribution < -0.4 is 19.8 Å². The summed E-state index contributed by atoms with van der Waals surface area (Å²) < 4.78 is 45.7. The van der Waals surface area contributed by atoms with Gasteiger partial charge in [0.25, 0.3) is 0 Å². The Morgan fingerprint density at radius 2 is 1.48 bits per heavy atom. The monoisotopic (exact) mass is 590 g/mol. The average molecular weight is 591 g/mol. The van der Waals surface area contributed by atoms with Crippen LogP contribution in [0.2, 0.25) is 0 Å². The lowest BCUT2D eigenvalue weighted by Gasteiger charge is -2.38. The number of hydrogen-bond donors (Lipinski definition) is 2. The first-order valence-electron chi connectivity index (χ1n) is 15.2. The topological polar surface area (TPSA) is 81.8 Å². The van der Waals surface area contributed by atoms with E-state index < -0.39 is 10.0 Å². The summed E-state index contributed by atoms with van der Waals surface area (Å²) >= 11 is 0. The number of fused-ring (bicyclic) bond motifs is 1. The first-order chi connectivity index (χ1) is 20.4. The van der Waals surface area contributed by atoms with Crippen molar-refractivity contribution in [2.45, 2.75) is 62.3 Å². The first kappa shape index (κ1) is 28.7. The van der Waals surface area contributed by atoms with Crippen molar-refractivity contribution in [3.05, 3.63) is 83.7 Å². The Bertz CT molecular complexity index is 1530. The molecule has 9 heteroatoms. The number of nitrogens with zero attached hydrogens (tertiary/aromatic N) is 2. The highest BCUT2D eigenvalue weighted by atomic mass is 32.2. The van der Waals surface area contributed by atoms with Crippen molar-refractivity contribution in [2.24, 2.45) is 5.92 Å².